The highest BCUT2D eigenvalue weighted by Gasteiger charge is 1.98. The summed E-state index contributed by atoms with van der Waals surface area (Å²) in [5, 5.41) is 0. The molecule has 0 fully saturated rings. The third kappa shape index (κ3) is 4.75. The molecule has 0 aliphatic carbocycles. The van der Waals surface area contributed by atoms with Crippen molar-refractivity contribution in [2.24, 2.45) is 0 Å². The second kappa shape index (κ2) is 6.08. The van der Waals surface area contributed by atoms with E-state index < -0.39 is 0 Å². The third-order valence-electron chi connectivity index (χ3n) is 1.96. The molecule has 1 rings (SSSR count). The number of nitrogen functional groups attached to an aromatic ring is 1. The van der Waals surface area contributed by atoms with Crippen molar-refractivity contribution < 1.29 is 9.53 Å². The summed E-state index contributed by atoms with van der Waals surface area (Å²) < 4.78 is 5.19. The van der Waals surface area contributed by atoms with Crippen LogP contribution in [-0.2, 0) is 9.53 Å². The van der Waals surface area contributed by atoms with Gasteiger partial charge in [-0.25, -0.2) is 0 Å². The van der Waals surface area contributed by atoms with Crippen LogP contribution in [0.25, 0.3) is 6.08 Å². The van der Waals surface area contributed by atoms with Gasteiger partial charge in [0.2, 0.25) is 0 Å². The highest BCUT2D eigenvalue weighted by atomic mass is 16.5. The molecule has 0 amide bonds. The fourth-order valence-corrected chi connectivity index (χ4v) is 1.09. The van der Waals surface area contributed by atoms with Crippen molar-refractivity contribution in [3.05, 3.63) is 35.9 Å². The van der Waals surface area contributed by atoms with Gasteiger partial charge in [-0.05, 0) is 37.6 Å². The maximum absolute atomic E-state index is 11.4. The van der Waals surface area contributed by atoms with E-state index in [9.17, 15) is 4.79 Å². The summed E-state index contributed by atoms with van der Waals surface area (Å²) in [7, 11) is 0. The lowest BCUT2D eigenvalue weighted by atomic mass is 10.2. The Morgan fingerprint density at radius 1 is 1.38 bits per heavy atom. The van der Waals surface area contributed by atoms with Crippen molar-refractivity contribution in [3.63, 3.8) is 0 Å². The highest BCUT2D eigenvalue weighted by Crippen LogP contribution is 2.06. The fourth-order valence-electron chi connectivity index (χ4n) is 1.09. The maximum Gasteiger partial charge on any atom is 0.181 e. The molecule has 0 spiro atoms. The van der Waals surface area contributed by atoms with Crippen LogP contribution in [0.5, 0.6) is 0 Å². The Hall–Kier alpha value is -1.61. The lowest BCUT2D eigenvalue weighted by molar-refractivity contribution is -0.120. The number of carbonyl (C=O) groups excluding carboxylic acids is 1. The minimum absolute atomic E-state index is 0.0366. The van der Waals surface area contributed by atoms with Crippen LogP contribution in [0.15, 0.2) is 30.3 Å². The van der Waals surface area contributed by atoms with E-state index in [0.717, 1.165) is 5.56 Å². The van der Waals surface area contributed by atoms with E-state index in [1.54, 1.807) is 18.2 Å². The van der Waals surface area contributed by atoms with Gasteiger partial charge < -0.3 is 10.5 Å². The van der Waals surface area contributed by atoms with Crippen LogP contribution >= 0.6 is 0 Å². The molecule has 0 aliphatic rings. The van der Waals surface area contributed by atoms with Gasteiger partial charge in [-0.15, -0.1) is 0 Å². The summed E-state index contributed by atoms with van der Waals surface area (Å²) in [4.78, 5) is 11.4. The Morgan fingerprint density at radius 2 is 2.00 bits per heavy atom. The smallest absolute Gasteiger partial charge is 0.181 e. The number of benzene rings is 1. The monoisotopic (exact) mass is 219 g/mol. The highest BCUT2D eigenvalue weighted by molar-refractivity contribution is 5.94. The first-order chi connectivity index (χ1) is 7.58. The molecule has 0 bridgehead atoms. The molecule has 0 unspecified atom stereocenters. The van der Waals surface area contributed by atoms with Crippen molar-refractivity contribution in [3.8, 4) is 0 Å². The number of ether oxygens (including phenoxy) is 1. The van der Waals surface area contributed by atoms with E-state index in [1.165, 1.54) is 6.08 Å². The van der Waals surface area contributed by atoms with Gasteiger partial charge in [0.05, 0.1) is 6.10 Å². The van der Waals surface area contributed by atoms with Gasteiger partial charge in [0.1, 0.15) is 6.61 Å². The molecular formula is C13H17NO2. The van der Waals surface area contributed by atoms with E-state index >= 15 is 0 Å². The quantitative estimate of drug-likeness (QED) is 0.610. The van der Waals surface area contributed by atoms with Crippen LogP contribution in [0.4, 0.5) is 5.69 Å². The lowest BCUT2D eigenvalue weighted by Crippen LogP contribution is -2.10. The summed E-state index contributed by atoms with van der Waals surface area (Å²) in [6.45, 7) is 3.93. The second-order valence-electron chi connectivity index (χ2n) is 3.83. The Kier molecular flexibility index (Phi) is 4.73. The van der Waals surface area contributed by atoms with Crippen molar-refractivity contribution in [2.75, 3.05) is 12.3 Å². The molecule has 3 nitrogen and oxygen atoms in total. The van der Waals surface area contributed by atoms with Crippen LogP contribution in [0.3, 0.4) is 0 Å². The standard InChI is InChI=1S/C13H17NO2/c1-10(2)16-9-13(15)8-5-11-3-6-12(14)7-4-11/h3-8,10H,9,14H2,1-2H3/b8-5+. The van der Waals surface area contributed by atoms with Gasteiger partial charge in [0, 0.05) is 5.69 Å². The summed E-state index contributed by atoms with van der Waals surface area (Å²) in [6, 6.07) is 7.33. The molecule has 3 heteroatoms. The van der Waals surface area contributed by atoms with Crippen molar-refractivity contribution in [1.82, 2.24) is 0 Å². The molecule has 86 valence electrons. The molecule has 0 heterocycles. The van der Waals surface area contributed by atoms with Crippen LogP contribution in [0.1, 0.15) is 19.4 Å². The number of ketones is 1. The zero-order chi connectivity index (χ0) is 12.0. The molecule has 0 aromatic heterocycles. The minimum atomic E-state index is -0.0366. The van der Waals surface area contributed by atoms with E-state index in [-0.39, 0.29) is 18.5 Å². The SMILES string of the molecule is CC(C)OCC(=O)/C=C/c1ccc(N)cc1. The van der Waals surface area contributed by atoms with Gasteiger partial charge in [0.15, 0.2) is 5.78 Å². The van der Waals surface area contributed by atoms with Crippen molar-refractivity contribution >= 4 is 17.5 Å². The Bertz CT molecular complexity index is 366. The normalized spacial score (nSPS) is 11.2. The van der Waals surface area contributed by atoms with E-state index in [1.807, 2.05) is 26.0 Å². The molecule has 0 atom stereocenters. The molecule has 0 saturated carbocycles. The zero-order valence-electron chi connectivity index (χ0n) is 9.64. The predicted molar refractivity (Wildman–Crippen MR) is 66.0 cm³/mol. The summed E-state index contributed by atoms with van der Waals surface area (Å²) in [6.07, 6.45) is 3.35. The largest absolute Gasteiger partial charge is 0.399 e. The lowest BCUT2D eigenvalue weighted by Gasteiger charge is -2.03. The molecule has 1 aromatic rings. The van der Waals surface area contributed by atoms with Crippen molar-refractivity contribution in [2.45, 2.75) is 20.0 Å². The van der Waals surface area contributed by atoms with E-state index in [0.29, 0.717) is 5.69 Å². The second-order valence-corrected chi connectivity index (χ2v) is 3.83. The van der Waals surface area contributed by atoms with Crippen LogP contribution in [-0.4, -0.2) is 18.5 Å². The van der Waals surface area contributed by atoms with Gasteiger partial charge in [-0.1, -0.05) is 18.2 Å². The zero-order valence-corrected chi connectivity index (χ0v) is 9.64. The summed E-state index contributed by atoms with van der Waals surface area (Å²) in [5.74, 6) is -0.0366. The number of nitrogens with two attached hydrogens (primary N) is 1. The van der Waals surface area contributed by atoms with Crippen LogP contribution in [0.2, 0.25) is 0 Å². The fraction of sp³-hybridized carbons (Fsp3) is 0.308. The Morgan fingerprint density at radius 3 is 2.56 bits per heavy atom. The van der Waals surface area contributed by atoms with Gasteiger partial charge >= 0.3 is 0 Å². The minimum Gasteiger partial charge on any atom is -0.399 e. The van der Waals surface area contributed by atoms with Gasteiger partial charge in [-0.2, -0.15) is 0 Å². The van der Waals surface area contributed by atoms with Crippen LogP contribution in [0, 0.1) is 0 Å². The molecule has 0 saturated heterocycles. The summed E-state index contributed by atoms with van der Waals surface area (Å²) in [5.41, 5.74) is 7.22. The Labute approximate surface area is 95.9 Å². The van der Waals surface area contributed by atoms with E-state index in [2.05, 4.69) is 0 Å². The topological polar surface area (TPSA) is 52.3 Å². The first kappa shape index (κ1) is 12.5. The number of hydrogen-bond acceptors (Lipinski definition) is 3. The molecule has 0 aliphatic heterocycles. The first-order valence-corrected chi connectivity index (χ1v) is 5.26. The maximum atomic E-state index is 11.4. The van der Waals surface area contributed by atoms with Crippen molar-refractivity contribution in [1.29, 1.82) is 0 Å². The molecular weight excluding hydrogens is 202 g/mol. The molecule has 0 radical (unpaired) electrons. The average molecular weight is 219 g/mol. The predicted octanol–water partition coefficient (Wildman–Crippen LogP) is 2.28. The Balaban J connectivity index is 2.47. The number of anilines is 1. The molecule has 1 aromatic carbocycles. The van der Waals surface area contributed by atoms with Gasteiger partial charge in [0.25, 0.3) is 0 Å². The summed E-state index contributed by atoms with van der Waals surface area (Å²) >= 11 is 0. The average Bonchev–Trinajstić information content (AvgIpc) is 2.25. The first-order valence-electron chi connectivity index (χ1n) is 5.26. The van der Waals surface area contributed by atoms with Gasteiger partial charge in [-0.3, -0.25) is 4.79 Å². The number of rotatable bonds is 5. The van der Waals surface area contributed by atoms with Crippen LogP contribution < -0.4 is 5.73 Å². The molecule has 2 N–H and O–H groups in total. The third-order valence-corrected chi connectivity index (χ3v) is 1.96. The van der Waals surface area contributed by atoms with E-state index in [4.69, 9.17) is 10.5 Å². The number of hydrogen-bond donors (Lipinski definition) is 1. The molecule has 16 heavy (non-hydrogen) atoms. The number of carbonyl (C=O) groups is 1.